The van der Waals surface area contributed by atoms with Crippen molar-refractivity contribution in [2.24, 2.45) is 5.92 Å². The van der Waals surface area contributed by atoms with E-state index in [0.717, 1.165) is 6.07 Å². The van der Waals surface area contributed by atoms with Crippen LogP contribution in [0.4, 0.5) is 8.78 Å². The van der Waals surface area contributed by atoms with Gasteiger partial charge in [0.05, 0.1) is 30.5 Å². The van der Waals surface area contributed by atoms with Crippen LogP contribution in [0.1, 0.15) is 21.8 Å². The average molecular weight is 467 g/mol. The molecule has 1 saturated heterocycles. The van der Waals surface area contributed by atoms with E-state index in [2.05, 4.69) is 9.97 Å². The van der Waals surface area contributed by atoms with E-state index in [1.54, 1.807) is 12.1 Å². The number of likely N-dealkylation sites (tertiary alicyclic amines) is 1. The molecular weight excluding hydrogens is 448 g/mol. The van der Waals surface area contributed by atoms with Crippen LogP contribution in [0.15, 0.2) is 60.0 Å². The van der Waals surface area contributed by atoms with Gasteiger partial charge in [0, 0.05) is 11.5 Å². The van der Waals surface area contributed by atoms with E-state index < -0.39 is 43.2 Å². The Kier molecular flexibility index (Phi) is 5.45. The lowest BCUT2D eigenvalue weighted by atomic mass is 9.84. The molecule has 0 bridgehead atoms. The van der Waals surface area contributed by atoms with Gasteiger partial charge in [-0.2, -0.15) is 8.42 Å². The SMILES string of the molecule is C[N@+]1(S(=O)(=O)c2cnc[nH]2)CC(C(=O)c2ccc(Cl)c(F)c2)[C@H](c2ccc(F)cc2)C1. The van der Waals surface area contributed by atoms with E-state index in [1.165, 1.54) is 43.8 Å². The number of quaternary nitrogens is 1. The molecule has 3 aromatic rings. The fourth-order valence-electron chi connectivity index (χ4n) is 4.16. The Bertz CT molecular complexity index is 1230. The van der Waals surface area contributed by atoms with Gasteiger partial charge in [0.2, 0.25) is 5.03 Å². The van der Waals surface area contributed by atoms with E-state index in [-0.39, 0.29) is 28.7 Å². The van der Waals surface area contributed by atoms with Crippen LogP contribution in [-0.2, 0) is 10.0 Å². The van der Waals surface area contributed by atoms with E-state index >= 15 is 0 Å². The number of rotatable bonds is 5. The third-order valence-corrected chi connectivity index (χ3v) is 8.37. The number of aromatic amines is 1. The largest absolute Gasteiger partial charge is 0.344 e. The Morgan fingerprint density at radius 3 is 2.48 bits per heavy atom. The first-order valence-electron chi connectivity index (χ1n) is 9.45. The van der Waals surface area contributed by atoms with Gasteiger partial charge in [0.15, 0.2) is 5.78 Å². The first kappa shape index (κ1) is 21.6. The summed E-state index contributed by atoms with van der Waals surface area (Å²) in [5.41, 5.74) is 0.738. The lowest BCUT2D eigenvalue weighted by molar-refractivity contribution is -0.772. The summed E-state index contributed by atoms with van der Waals surface area (Å²) in [6.45, 7) is 0.0476. The second-order valence-electron chi connectivity index (χ2n) is 7.81. The van der Waals surface area contributed by atoms with Crippen molar-refractivity contribution in [1.29, 1.82) is 0 Å². The molecule has 1 unspecified atom stereocenters. The van der Waals surface area contributed by atoms with Gasteiger partial charge in [0.25, 0.3) is 0 Å². The highest BCUT2D eigenvalue weighted by atomic mass is 35.5. The van der Waals surface area contributed by atoms with Crippen molar-refractivity contribution in [2.75, 3.05) is 20.1 Å². The zero-order valence-electron chi connectivity index (χ0n) is 16.4. The van der Waals surface area contributed by atoms with Crippen LogP contribution >= 0.6 is 11.6 Å². The molecule has 1 aliphatic rings. The average Bonchev–Trinajstić information content (AvgIpc) is 3.39. The van der Waals surface area contributed by atoms with Gasteiger partial charge < -0.3 is 4.98 Å². The van der Waals surface area contributed by atoms with Crippen LogP contribution in [0.3, 0.4) is 0 Å². The van der Waals surface area contributed by atoms with Gasteiger partial charge in [0.1, 0.15) is 24.7 Å². The number of ketones is 1. The number of carbonyl (C=O) groups excluding carboxylic acids is 1. The van der Waals surface area contributed by atoms with Crippen LogP contribution < -0.4 is 0 Å². The normalized spacial score (nSPS) is 23.7. The molecule has 0 spiro atoms. The Morgan fingerprint density at radius 1 is 1.16 bits per heavy atom. The van der Waals surface area contributed by atoms with Crippen LogP contribution in [0, 0.1) is 17.6 Å². The summed E-state index contributed by atoms with van der Waals surface area (Å²) in [4.78, 5) is 19.8. The molecule has 0 amide bonds. The molecule has 1 aliphatic heterocycles. The van der Waals surface area contributed by atoms with Crippen LogP contribution in [0.25, 0.3) is 0 Å². The fraction of sp³-hybridized carbons (Fsp3) is 0.238. The maximum atomic E-state index is 14.0. The van der Waals surface area contributed by atoms with Crippen molar-refractivity contribution in [3.63, 3.8) is 0 Å². The van der Waals surface area contributed by atoms with E-state index in [1.807, 2.05) is 0 Å². The lowest BCUT2D eigenvalue weighted by Crippen LogP contribution is -2.47. The standard InChI is InChI=1S/C21H19ClF2N3O3S/c1-27(31(29,30)20-9-25-12-26-20)10-16(13-2-5-15(23)6-3-13)17(11-27)21(28)14-4-7-18(22)19(24)8-14/h2-9,12,16-17H,10-11H2,1H3,(H,25,26)/q+1/t16-,17?,27+/m0/s1. The number of carbonyl (C=O) groups is 1. The minimum absolute atomic E-state index is 0.0352. The molecule has 162 valence electrons. The monoisotopic (exact) mass is 466 g/mol. The van der Waals surface area contributed by atoms with Crippen LogP contribution in [-0.4, -0.2) is 48.2 Å². The quantitative estimate of drug-likeness (QED) is 0.458. The van der Waals surface area contributed by atoms with Gasteiger partial charge >= 0.3 is 10.0 Å². The summed E-state index contributed by atoms with van der Waals surface area (Å²) in [6, 6.07) is 9.39. The number of aromatic nitrogens is 2. The van der Waals surface area contributed by atoms with Crippen molar-refractivity contribution in [1.82, 2.24) is 9.97 Å². The number of halogens is 3. The number of H-pyrrole nitrogens is 1. The third-order valence-electron chi connectivity index (χ3n) is 5.82. The number of benzene rings is 2. The number of nitrogens with zero attached hydrogens (tertiary/aromatic N) is 2. The Hall–Kier alpha value is -2.62. The highest BCUT2D eigenvalue weighted by Crippen LogP contribution is 2.41. The Morgan fingerprint density at radius 2 is 1.87 bits per heavy atom. The summed E-state index contributed by atoms with van der Waals surface area (Å²) in [6.07, 6.45) is 2.49. The zero-order valence-corrected chi connectivity index (χ0v) is 18.0. The molecule has 0 radical (unpaired) electrons. The summed E-state index contributed by atoms with van der Waals surface area (Å²) >= 11 is 5.73. The molecule has 4 rings (SSSR count). The Balaban J connectivity index is 1.77. The molecule has 3 atom stereocenters. The van der Waals surface area contributed by atoms with Crippen molar-refractivity contribution in [3.05, 3.63) is 82.8 Å². The maximum Gasteiger partial charge on any atom is 0.344 e. The second kappa shape index (κ2) is 7.81. The summed E-state index contributed by atoms with van der Waals surface area (Å²) in [5.74, 6) is -2.85. The van der Waals surface area contributed by atoms with Crippen molar-refractivity contribution >= 4 is 27.4 Å². The molecule has 2 aromatic carbocycles. The molecule has 10 heteroatoms. The second-order valence-corrected chi connectivity index (χ2v) is 10.5. The third kappa shape index (κ3) is 3.77. The number of likely N-dealkylation sites (N-methyl/N-ethyl adjacent to an activating group) is 1. The molecule has 1 fully saturated rings. The molecule has 1 aromatic heterocycles. The van der Waals surface area contributed by atoms with Crippen LogP contribution in [0.5, 0.6) is 0 Å². The Labute approximate surface area is 183 Å². The number of hydrogen-bond donors (Lipinski definition) is 1. The van der Waals surface area contributed by atoms with Crippen molar-refractivity contribution < 1.29 is 25.9 Å². The summed E-state index contributed by atoms with van der Waals surface area (Å²) in [5, 5.41) is -0.168. The smallest absolute Gasteiger partial charge is 0.331 e. The molecule has 0 saturated carbocycles. The van der Waals surface area contributed by atoms with Crippen molar-refractivity contribution in [2.45, 2.75) is 10.9 Å². The minimum Gasteiger partial charge on any atom is -0.331 e. The van der Waals surface area contributed by atoms with Crippen molar-refractivity contribution in [3.8, 4) is 0 Å². The minimum atomic E-state index is -3.91. The van der Waals surface area contributed by atoms with Gasteiger partial charge in [-0.3, -0.25) is 4.79 Å². The molecule has 6 nitrogen and oxygen atoms in total. The maximum absolute atomic E-state index is 14.0. The highest BCUT2D eigenvalue weighted by molar-refractivity contribution is 7.85. The molecule has 1 N–H and O–H groups in total. The zero-order chi connectivity index (χ0) is 22.4. The molecule has 0 aliphatic carbocycles. The highest BCUT2D eigenvalue weighted by Gasteiger charge is 2.54. The summed E-state index contributed by atoms with van der Waals surface area (Å²) < 4.78 is 53.6. The van der Waals surface area contributed by atoms with Gasteiger partial charge in [-0.15, -0.1) is 0 Å². The number of imidazole rings is 1. The van der Waals surface area contributed by atoms with Crippen LogP contribution in [0.2, 0.25) is 5.02 Å². The van der Waals surface area contributed by atoms with E-state index in [0.29, 0.717) is 5.56 Å². The first-order valence-corrected chi connectivity index (χ1v) is 11.3. The fourth-order valence-corrected chi connectivity index (χ4v) is 5.86. The number of sulfonamides is 1. The summed E-state index contributed by atoms with van der Waals surface area (Å²) in [7, 11) is -2.38. The topological polar surface area (TPSA) is 79.9 Å². The van der Waals surface area contributed by atoms with Gasteiger partial charge in [-0.05, 0) is 35.9 Å². The van der Waals surface area contributed by atoms with E-state index in [4.69, 9.17) is 11.6 Å². The predicted molar refractivity (Wildman–Crippen MR) is 110 cm³/mol. The molecular formula is C21H19ClF2N3O3S+. The van der Waals surface area contributed by atoms with Gasteiger partial charge in [-0.1, -0.05) is 23.7 Å². The number of nitrogens with one attached hydrogen (secondary N) is 1. The number of Topliss-reactive ketones (excluding diaryl/α,β-unsaturated/α-hetero) is 1. The molecule has 2 heterocycles. The first-order chi connectivity index (χ1) is 14.6. The molecule has 31 heavy (non-hydrogen) atoms. The lowest BCUT2D eigenvalue weighted by Gasteiger charge is -2.27. The van der Waals surface area contributed by atoms with Gasteiger partial charge in [-0.25, -0.2) is 17.7 Å². The number of hydrogen-bond acceptors (Lipinski definition) is 4. The van der Waals surface area contributed by atoms with E-state index in [9.17, 15) is 22.0 Å². The predicted octanol–water partition coefficient (Wildman–Crippen LogP) is 3.77.